The van der Waals surface area contributed by atoms with Crippen molar-refractivity contribution in [1.29, 1.82) is 0 Å². The second kappa shape index (κ2) is 6.65. The van der Waals surface area contributed by atoms with Crippen molar-refractivity contribution >= 4 is 10.9 Å². The molecule has 0 aliphatic heterocycles. The molecule has 0 atom stereocenters. The van der Waals surface area contributed by atoms with Crippen LogP contribution in [0.4, 0.5) is 0 Å². The van der Waals surface area contributed by atoms with Gasteiger partial charge in [-0.3, -0.25) is 0 Å². The van der Waals surface area contributed by atoms with E-state index < -0.39 is 0 Å². The van der Waals surface area contributed by atoms with Crippen LogP contribution in [-0.4, -0.2) is 30.1 Å². The van der Waals surface area contributed by atoms with Crippen LogP contribution in [0.3, 0.4) is 0 Å². The predicted octanol–water partition coefficient (Wildman–Crippen LogP) is 4.84. The molecular weight excluding hydrogens is 256 g/mol. The molecule has 0 N–H and O–H groups in total. The van der Waals surface area contributed by atoms with E-state index in [4.69, 9.17) is 0 Å². The zero-order chi connectivity index (χ0) is 15.6. The molecule has 1 aromatic heterocycles. The lowest BCUT2D eigenvalue weighted by Crippen LogP contribution is -2.16. The molecule has 0 amide bonds. The molecule has 2 rings (SSSR count). The zero-order valence-electron chi connectivity index (χ0n) is 14.5. The van der Waals surface area contributed by atoms with Crippen molar-refractivity contribution in [3.05, 3.63) is 35.5 Å². The molecular formula is C19H30N2. The Labute approximate surface area is 129 Å². The fourth-order valence-electron chi connectivity index (χ4n) is 3.37. The van der Waals surface area contributed by atoms with Crippen molar-refractivity contribution in [2.75, 3.05) is 20.6 Å². The van der Waals surface area contributed by atoms with Crippen molar-refractivity contribution in [3.8, 4) is 0 Å². The van der Waals surface area contributed by atoms with Crippen LogP contribution in [0, 0.1) is 0 Å². The standard InChI is InChI=1S/C19H30N2/c1-14(2)18-16-10-7-8-11-17(16)21(19(18)15(3)4)13-9-12-20(5)6/h7-8,10-11,14-15H,9,12-13H2,1-6H3. The van der Waals surface area contributed by atoms with E-state index in [-0.39, 0.29) is 0 Å². The Kier molecular flexibility index (Phi) is 5.10. The predicted molar refractivity (Wildman–Crippen MR) is 93.3 cm³/mol. The highest BCUT2D eigenvalue weighted by molar-refractivity contribution is 5.86. The molecule has 0 aliphatic rings. The van der Waals surface area contributed by atoms with Crippen LogP contribution in [-0.2, 0) is 6.54 Å². The summed E-state index contributed by atoms with van der Waals surface area (Å²) in [5.74, 6) is 1.14. The van der Waals surface area contributed by atoms with Crippen LogP contribution in [0.1, 0.15) is 57.2 Å². The largest absolute Gasteiger partial charge is 0.344 e. The second-order valence-electron chi connectivity index (χ2n) is 6.93. The van der Waals surface area contributed by atoms with Gasteiger partial charge in [-0.25, -0.2) is 0 Å². The lowest BCUT2D eigenvalue weighted by atomic mass is 9.95. The highest BCUT2D eigenvalue weighted by Crippen LogP contribution is 2.36. The maximum absolute atomic E-state index is 2.57. The van der Waals surface area contributed by atoms with E-state index in [0.717, 1.165) is 13.1 Å². The number of nitrogens with zero attached hydrogens (tertiary/aromatic N) is 2. The van der Waals surface area contributed by atoms with Crippen LogP contribution in [0.25, 0.3) is 10.9 Å². The Morgan fingerprint density at radius 1 is 1.00 bits per heavy atom. The number of benzene rings is 1. The number of aromatic nitrogens is 1. The van der Waals surface area contributed by atoms with Gasteiger partial charge in [0.25, 0.3) is 0 Å². The number of aryl methyl sites for hydroxylation is 1. The second-order valence-corrected chi connectivity index (χ2v) is 6.93. The van der Waals surface area contributed by atoms with Gasteiger partial charge in [-0.2, -0.15) is 0 Å². The summed E-state index contributed by atoms with van der Waals surface area (Å²) in [6.45, 7) is 11.5. The molecule has 0 saturated carbocycles. The zero-order valence-corrected chi connectivity index (χ0v) is 14.5. The minimum Gasteiger partial charge on any atom is -0.344 e. The van der Waals surface area contributed by atoms with Gasteiger partial charge < -0.3 is 9.47 Å². The fourth-order valence-corrected chi connectivity index (χ4v) is 3.37. The summed E-state index contributed by atoms with van der Waals surface area (Å²) in [7, 11) is 4.30. The molecule has 2 heteroatoms. The third kappa shape index (κ3) is 3.32. The first-order valence-electron chi connectivity index (χ1n) is 8.19. The molecule has 2 nitrogen and oxygen atoms in total. The smallest absolute Gasteiger partial charge is 0.0485 e. The molecule has 1 aromatic carbocycles. The third-order valence-corrected chi connectivity index (χ3v) is 4.16. The van der Waals surface area contributed by atoms with Gasteiger partial charge in [0, 0.05) is 23.1 Å². The van der Waals surface area contributed by atoms with Crippen molar-refractivity contribution in [2.45, 2.75) is 52.5 Å². The lowest BCUT2D eigenvalue weighted by Gasteiger charge is -2.18. The van der Waals surface area contributed by atoms with Crippen molar-refractivity contribution in [2.24, 2.45) is 0 Å². The lowest BCUT2D eigenvalue weighted by molar-refractivity contribution is 0.386. The number of para-hydroxylation sites is 1. The molecule has 0 spiro atoms. The number of rotatable bonds is 6. The van der Waals surface area contributed by atoms with Crippen molar-refractivity contribution in [1.82, 2.24) is 9.47 Å². The quantitative estimate of drug-likeness (QED) is 0.737. The number of hydrogen-bond acceptors (Lipinski definition) is 1. The van der Waals surface area contributed by atoms with Crippen molar-refractivity contribution < 1.29 is 0 Å². The van der Waals surface area contributed by atoms with Crippen LogP contribution in [0.5, 0.6) is 0 Å². The fraction of sp³-hybridized carbons (Fsp3) is 0.579. The highest BCUT2D eigenvalue weighted by Gasteiger charge is 2.20. The van der Waals surface area contributed by atoms with Crippen LogP contribution in [0.15, 0.2) is 24.3 Å². The van der Waals surface area contributed by atoms with E-state index in [1.54, 1.807) is 5.56 Å². The van der Waals surface area contributed by atoms with Gasteiger partial charge in [-0.1, -0.05) is 45.9 Å². The van der Waals surface area contributed by atoms with Gasteiger partial charge in [0.1, 0.15) is 0 Å². The minimum atomic E-state index is 0.564. The molecule has 0 saturated heterocycles. The Morgan fingerprint density at radius 3 is 2.24 bits per heavy atom. The maximum atomic E-state index is 2.57. The average molecular weight is 286 g/mol. The van der Waals surface area contributed by atoms with E-state index in [2.05, 4.69) is 75.5 Å². The van der Waals surface area contributed by atoms with E-state index in [1.165, 1.54) is 23.0 Å². The topological polar surface area (TPSA) is 8.17 Å². The molecule has 0 fully saturated rings. The Morgan fingerprint density at radius 2 is 1.67 bits per heavy atom. The first kappa shape index (κ1) is 16.1. The molecule has 1 heterocycles. The van der Waals surface area contributed by atoms with Gasteiger partial charge in [0.05, 0.1) is 0 Å². The molecule has 2 aromatic rings. The Balaban J connectivity index is 2.53. The van der Waals surface area contributed by atoms with Gasteiger partial charge >= 0.3 is 0 Å². The number of hydrogen-bond donors (Lipinski definition) is 0. The van der Waals surface area contributed by atoms with Crippen LogP contribution in [0.2, 0.25) is 0 Å². The summed E-state index contributed by atoms with van der Waals surface area (Å²) in [4.78, 5) is 2.27. The first-order valence-corrected chi connectivity index (χ1v) is 8.19. The summed E-state index contributed by atoms with van der Waals surface area (Å²) in [5.41, 5.74) is 4.49. The van der Waals surface area contributed by atoms with E-state index in [9.17, 15) is 0 Å². The Hall–Kier alpha value is -1.28. The molecule has 0 unspecified atom stereocenters. The molecule has 116 valence electrons. The third-order valence-electron chi connectivity index (χ3n) is 4.16. The summed E-state index contributed by atoms with van der Waals surface area (Å²) >= 11 is 0. The molecule has 0 bridgehead atoms. The monoisotopic (exact) mass is 286 g/mol. The van der Waals surface area contributed by atoms with Crippen LogP contribution < -0.4 is 0 Å². The summed E-state index contributed by atoms with van der Waals surface area (Å²) in [5, 5.41) is 1.45. The SMILES string of the molecule is CC(C)c1c(C(C)C)n(CCCN(C)C)c2ccccc12. The minimum absolute atomic E-state index is 0.564. The van der Waals surface area contributed by atoms with Crippen LogP contribution >= 0.6 is 0 Å². The normalized spacial score (nSPS) is 12.2. The molecule has 0 aliphatic carbocycles. The van der Waals surface area contributed by atoms with E-state index in [0.29, 0.717) is 11.8 Å². The summed E-state index contributed by atoms with van der Waals surface area (Å²) in [6, 6.07) is 8.91. The summed E-state index contributed by atoms with van der Waals surface area (Å²) in [6.07, 6.45) is 1.20. The maximum Gasteiger partial charge on any atom is 0.0485 e. The van der Waals surface area contributed by atoms with Gasteiger partial charge in [0.15, 0.2) is 0 Å². The average Bonchev–Trinajstić information content (AvgIpc) is 2.73. The first-order chi connectivity index (χ1) is 9.93. The number of fused-ring (bicyclic) bond motifs is 1. The van der Waals surface area contributed by atoms with E-state index >= 15 is 0 Å². The van der Waals surface area contributed by atoms with Gasteiger partial charge in [-0.05, 0) is 50.5 Å². The van der Waals surface area contributed by atoms with Gasteiger partial charge in [-0.15, -0.1) is 0 Å². The van der Waals surface area contributed by atoms with E-state index in [1.807, 2.05) is 0 Å². The highest BCUT2D eigenvalue weighted by atomic mass is 15.1. The Bertz CT molecular complexity index is 591. The summed E-state index contributed by atoms with van der Waals surface area (Å²) < 4.78 is 2.57. The van der Waals surface area contributed by atoms with Gasteiger partial charge in [0.2, 0.25) is 0 Å². The molecule has 21 heavy (non-hydrogen) atoms. The molecule has 0 radical (unpaired) electrons. The van der Waals surface area contributed by atoms with Crippen molar-refractivity contribution in [3.63, 3.8) is 0 Å².